The maximum absolute atomic E-state index is 13.7. The van der Waals surface area contributed by atoms with Gasteiger partial charge in [-0.3, -0.25) is 4.79 Å². The molecule has 1 aliphatic heterocycles. The number of hydrogen-bond acceptors (Lipinski definition) is 6. The molecule has 0 unspecified atom stereocenters. The normalized spacial score (nSPS) is 17.7. The summed E-state index contributed by atoms with van der Waals surface area (Å²) in [5, 5.41) is 4.92. The van der Waals surface area contributed by atoms with Crippen molar-refractivity contribution in [2.24, 2.45) is 0 Å². The van der Waals surface area contributed by atoms with E-state index in [0.29, 0.717) is 49.2 Å². The number of halogens is 1. The quantitative estimate of drug-likeness (QED) is 0.434. The second-order valence-electron chi connectivity index (χ2n) is 9.67. The smallest absolute Gasteiger partial charge is 0.316 e. The third-order valence-corrected chi connectivity index (χ3v) is 9.24. The Kier molecular flexibility index (Phi) is 7.01. The van der Waals surface area contributed by atoms with Crippen LogP contribution in [0.1, 0.15) is 18.4 Å². The molecule has 2 heterocycles. The second-order valence-corrected chi connectivity index (χ2v) is 12.2. The van der Waals surface area contributed by atoms with Crippen molar-refractivity contribution >= 4 is 27.5 Å². The van der Waals surface area contributed by atoms with Crippen molar-refractivity contribution in [1.29, 1.82) is 0 Å². The van der Waals surface area contributed by atoms with Gasteiger partial charge in [0.1, 0.15) is 5.69 Å². The maximum atomic E-state index is 13.7. The molecular weight excluding hydrogens is 514 g/mol. The summed E-state index contributed by atoms with van der Waals surface area (Å²) >= 11 is 6.17. The third kappa shape index (κ3) is 5.11. The van der Waals surface area contributed by atoms with Gasteiger partial charge in [-0.2, -0.15) is 26.8 Å². The van der Waals surface area contributed by atoms with Gasteiger partial charge in [0.05, 0.1) is 18.5 Å². The van der Waals surface area contributed by atoms with Crippen LogP contribution in [0.25, 0.3) is 5.69 Å². The molecule has 5 rings (SSSR count). The first-order chi connectivity index (χ1) is 17.7. The van der Waals surface area contributed by atoms with Gasteiger partial charge >= 0.3 is 5.56 Å². The monoisotopic (exact) mass is 543 g/mol. The van der Waals surface area contributed by atoms with Crippen LogP contribution in [-0.4, -0.2) is 73.7 Å². The number of ether oxygens (including phenoxy) is 1. The Bertz CT molecular complexity index is 1430. The Balaban J connectivity index is 1.46. The van der Waals surface area contributed by atoms with E-state index in [1.54, 1.807) is 30.5 Å². The fourth-order valence-electron chi connectivity index (χ4n) is 4.64. The Labute approximate surface area is 222 Å². The zero-order valence-corrected chi connectivity index (χ0v) is 22.5. The molecule has 1 saturated heterocycles. The van der Waals surface area contributed by atoms with Gasteiger partial charge in [0, 0.05) is 50.7 Å². The zero-order chi connectivity index (χ0) is 26.2. The van der Waals surface area contributed by atoms with Gasteiger partial charge in [0.15, 0.2) is 0 Å². The minimum Gasteiger partial charge on any atom is -0.485 e. The van der Waals surface area contributed by atoms with Gasteiger partial charge < -0.3 is 9.64 Å². The topological polar surface area (TPSA) is 88.0 Å². The largest absolute Gasteiger partial charge is 0.485 e. The molecule has 11 heteroatoms. The predicted molar refractivity (Wildman–Crippen MR) is 144 cm³/mol. The van der Waals surface area contributed by atoms with Gasteiger partial charge in [-0.05, 0) is 36.6 Å². The molecule has 2 aliphatic rings. The van der Waals surface area contributed by atoms with Crippen LogP contribution in [0.2, 0.25) is 5.02 Å². The van der Waals surface area contributed by atoms with Crippen LogP contribution in [0.4, 0.5) is 5.69 Å². The van der Waals surface area contributed by atoms with E-state index in [9.17, 15) is 13.2 Å². The molecule has 3 aromatic rings. The van der Waals surface area contributed by atoms with Gasteiger partial charge in [-0.1, -0.05) is 48.0 Å². The first-order valence-electron chi connectivity index (χ1n) is 12.2. The molecule has 0 N–H and O–H groups in total. The Hall–Kier alpha value is -2.92. The van der Waals surface area contributed by atoms with E-state index in [1.807, 2.05) is 23.1 Å². The van der Waals surface area contributed by atoms with Crippen LogP contribution < -0.4 is 15.2 Å². The number of rotatable bonds is 8. The number of anilines is 1. The molecule has 0 atom stereocenters. The number of benzene rings is 2. The zero-order valence-electron chi connectivity index (χ0n) is 20.9. The van der Waals surface area contributed by atoms with Gasteiger partial charge in [-0.15, -0.1) is 0 Å². The summed E-state index contributed by atoms with van der Waals surface area (Å²) in [6, 6.07) is 17.1. The average Bonchev–Trinajstić information content (AvgIpc) is 3.69. The third-order valence-electron chi connectivity index (χ3n) is 7.07. The highest BCUT2D eigenvalue weighted by Gasteiger charge is 2.45. The standard InChI is InChI=1S/C26H30ClN5O4S/c1-29(2)37(34,35)31-15-13-30(14-16-31)23-18-28-32(22-10-6-9-21(27)17-22)25(33)24(23)36-19-26(11-12-26)20-7-4-3-5-8-20/h3-10,17-18H,11-16,19H2,1-2H3. The molecule has 0 radical (unpaired) electrons. The highest BCUT2D eigenvalue weighted by molar-refractivity contribution is 7.86. The molecule has 1 saturated carbocycles. The van der Waals surface area contributed by atoms with Gasteiger partial charge in [-0.25, -0.2) is 0 Å². The highest BCUT2D eigenvalue weighted by atomic mass is 35.5. The number of nitrogens with zero attached hydrogens (tertiary/aromatic N) is 5. The lowest BCUT2D eigenvalue weighted by atomic mass is 9.97. The summed E-state index contributed by atoms with van der Waals surface area (Å²) in [4.78, 5) is 15.7. The van der Waals surface area contributed by atoms with E-state index in [4.69, 9.17) is 16.3 Å². The van der Waals surface area contributed by atoms with E-state index in [2.05, 4.69) is 17.2 Å². The first kappa shape index (κ1) is 25.7. The highest BCUT2D eigenvalue weighted by Crippen LogP contribution is 2.48. The summed E-state index contributed by atoms with van der Waals surface area (Å²) in [7, 11) is -0.465. The van der Waals surface area contributed by atoms with Crippen molar-refractivity contribution in [3.8, 4) is 11.4 Å². The number of hydrogen-bond donors (Lipinski definition) is 0. The van der Waals surface area contributed by atoms with Crippen LogP contribution in [0.3, 0.4) is 0 Å². The van der Waals surface area contributed by atoms with Gasteiger partial charge in [0.2, 0.25) is 5.75 Å². The van der Waals surface area contributed by atoms with Crippen LogP contribution in [0, 0.1) is 0 Å². The van der Waals surface area contributed by atoms with Crippen molar-refractivity contribution in [1.82, 2.24) is 18.4 Å². The Morgan fingerprint density at radius 3 is 2.35 bits per heavy atom. The van der Waals surface area contributed by atoms with E-state index >= 15 is 0 Å². The number of piperazine rings is 1. The van der Waals surface area contributed by atoms with E-state index in [1.165, 1.54) is 33.0 Å². The summed E-state index contributed by atoms with van der Waals surface area (Å²) in [5.74, 6) is 0.209. The molecule has 0 bridgehead atoms. The summed E-state index contributed by atoms with van der Waals surface area (Å²) < 4.78 is 35.4. The fraction of sp³-hybridized carbons (Fsp3) is 0.385. The van der Waals surface area contributed by atoms with Crippen LogP contribution >= 0.6 is 11.6 Å². The van der Waals surface area contributed by atoms with Crippen LogP contribution in [0.15, 0.2) is 65.6 Å². The molecule has 9 nitrogen and oxygen atoms in total. The van der Waals surface area contributed by atoms with E-state index in [0.717, 1.165) is 12.8 Å². The van der Waals surface area contributed by atoms with Crippen molar-refractivity contribution < 1.29 is 13.2 Å². The number of aromatic nitrogens is 2. The molecule has 37 heavy (non-hydrogen) atoms. The van der Waals surface area contributed by atoms with Crippen LogP contribution in [0.5, 0.6) is 5.75 Å². The summed E-state index contributed by atoms with van der Waals surface area (Å²) in [6.45, 7) is 1.79. The molecule has 0 spiro atoms. The van der Waals surface area contributed by atoms with Crippen molar-refractivity contribution in [2.75, 3.05) is 51.8 Å². The molecular formula is C26H30ClN5O4S. The SMILES string of the molecule is CN(C)S(=O)(=O)N1CCN(c2cnn(-c3cccc(Cl)c3)c(=O)c2OCC2(c3ccccc3)CC2)CC1. The molecule has 1 aliphatic carbocycles. The molecule has 0 amide bonds. The van der Waals surface area contributed by atoms with Gasteiger partial charge in [0.25, 0.3) is 10.2 Å². The molecule has 196 valence electrons. The summed E-state index contributed by atoms with van der Waals surface area (Å²) in [6.07, 6.45) is 3.60. The van der Waals surface area contributed by atoms with E-state index in [-0.39, 0.29) is 16.7 Å². The first-order valence-corrected chi connectivity index (χ1v) is 14.0. The Morgan fingerprint density at radius 1 is 1.03 bits per heavy atom. The summed E-state index contributed by atoms with van der Waals surface area (Å²) in [5.41, 5.74) is 1.80. The van der Waals surface area contributed by atoms with Crippen LogP contribution in [-0.2, 0) is 15.6 Å². The lowest BCUT2D eigenvalue weighted by Gasteiger charge is -2.36. The lowest BCUT2D eigenvalue weighted by molar-refractivity contribution is 0.271. The fourth-order valence-corrected chi connectivity index (χ4v) is 5.91. The van der Waals surface area contributed by atoms with Crippen molar-refractivity contribution in [3.05, 3.63) is 81.7 Å². The predicted octanol–water partition coefficient (Wildman–Crippen LogP) is 2.92. The molecule has 2 aromatic carbocycles. The molecule has 2 fully saturated rings. The van der Waals surface area contributed by atoms with Crippen molar-refractivity contribution in [3.63, 3.8) is 0 Å². The minimum atomic E-state index is -3.51. The molecule has 1 aromatic heterocycles. The minimum absolute atomic E-state index is 0.117. The second kappa shape index (κ2) is 10.1. The van der Waals surface area contributed by atoms with Crippen molar-refractivity contribution in [2.45, 2.75) is 18.3 Å². The lowest BCUT2D eigenvalue weighted by Crippen LogP contribution is -2.52. The maximum Gasteiger partial charge on any atom is 0.316 e. The average molecular weight is 544 g/mol. The van der Waals surface area contributed by atoms with E-state index < -0.39 is 10.2 Å². The Morgan fingerprint density at radius 2 is 1.73 bits per heavy atom.